The standard InChI is InChI=1S/C21H26F3N3O4/c22-21(23,24)31-18-8-14(4-5-17(18)19(28)26-6-2-1-3-7-26)9-25-10-15-12-27(20(29)30)13-16(15)11-25/h4-5,8,15-16H,1-3,6-7,9-13H2,(H,29,30)/p-1. The van der Waals surface area contributed by atoms with Gasteiger partial charge in [-0.2, -0.15) is 0 Å². The molecule has 2 amide bonds. The number of piperidine rings is 1. The Bertz CT molecular complexity index is 828. The lowest BCUT2D eigenvalue weighted by Crippen LogP contribution is -2.41. The molecule has 0 radical (unpaired) electrons. The minimum atomic E-state index is -4.89. The van der Waals surface area contributed by atoms with Crippen molar-refractivity contribution < 1.29 is 32.6 Å². The highest BCUT2D eigenvalue weighted by Crippen LogP contribution is 2.33. The van der Waals surface area contributed by atoms with Crippen molar-refractivity contribution in [2.45, 2.75) is 32.2 Å². The third kappa shape index (κ3) is 5.06. The first kappa shape index (κ1) is 21.7. The van der Waals surface area contributed by atoms with E-state index in [1.807, 2.05) is 0 Å². The Morgan fingerprint density at radius 3 is 2.23 bits per heavy atom. The maximum Gasteiger partial charge on any atom is 0.573 e. The van der Waals surface area contributed by atoms with Crippen LogP contribution in [0.1, 0.15) is 35.2 Å². The van der Waals surface area contributed by atoms with Gasteiger partial charge in [0.15, 0.2) is 0 Å². The summed E-state index contributed by atoms with van der Waals surface area (Å²) >= 11 is 0. The molecule has 0 bridgehead atoms. The summed E-state index contributed by atoms with van der Waals surface area (Å²) in [5.74, 6) is -0.515. The number of likely N-dealkylation sites (tertiary alicyclic amines) is 3. The second-order valence-electron chi connectivity index (χ2n) is 8.62. The zero-order chi connectivity index (χ0) is 22.2. The third-order valence-electron chi connectivity index (χ3n) is 6.37. The molecule has 7 nitrogen and oxygen atoms in total. The van der Waals surface area contributed by atoms with Crippen LogP contribution in [0.5, 0.6) is 5.75 Å². The van der Waals surface area contributed by atoms with Gasteiger partial charge in [0, 0.05) is 45.8 Å². The molecular formula is C21H25F3N3O4-. The van der Waals surface area contributed by atoms with Gasteiger partial charge in [-0.3, -0.25) is 9.69 Å². The lowest BCUT2D eigenvalue weighted by Gasteiger charge is -2.28. The molecule has 10 heteroatoms. The average Bonchev–Trinajstić information content (AvgIpc) is 3.26. The largest absolute Gasteiger partial charge is 0.573 e. The topological polar surface area (TPSA) is 76.2 Å². The molecule has 0 N–H and O–H groups in total. The number of hydrogen-bond donors (Lipinski definition) is 0. The van der Waals surface area contributed by atoms with Crippen molar-refractivity contribution in [3.63, 3.8) is 0 Å². The molecule has 31 heavy (non-hydrogen) atoms. The Labute approximate surface area is 178 Å². The Hall–Kier alpha value is -2.49. The van der Waals surface area contributed by atoms with Crippen LogP contribution in [-0.2, 0) is 6.54 Å². The van der Waals surface area contributed by atoms with E-state index in [4.69, 9.17) is 0 Å². The zero-order valence-corrected chi connectivity index (χ0v) is 17.1. The molecule has 1 aromatic rings. The van der Waals surface area contributed by atoms with Crippen LogP contribution in [0.3, 0.4) is 0 Å². The first-order valence-electron chi connectivity index (χ1n) is 10.6. The Morgan fingerprint density at radius 1 is 1.00 bits per heavy atom. The zero-order valence-electron chi connectivity index (χ0n) is 17.1. The smallest absolute Gasteiger partial charge is 0.530 e. The molecule has 3 aliphatic rings. The third-order valence-corrected chi connectivity index (χ3v) is 6.37. The number of carbonyl (C=O) groups excluding carboxylic acids is 2. The van der Waals surface area contributed by atoms with Crippen LogP contribution >= 0.6 is 0 Å². The summed E-state index contributed by atoms with van der Waals surface area (Å²) in [5, 5.41) is 11.0. The van der Waals surface area contributed by atoms with E-state index in [9.17, 15) is 27.9 Å². The predicted octanol–water partition coefficient (Wildman–Crippen LogP) is 1.92. The van der Waals surface area contributed by atoms with Crippen LogP contribution in [0.15, 0.2) is 18.2 Å². The number of carbonyl (C=O) groups is 2. The molecule has 0 aromatic heterocycles. The number of amides is 2. The van der Waals surface area contributed by atoms with Crippen molar-refractivity contribution in [3.05, 3.63) is 29.3 Å². The number of nitrogens with zero attached hydrogens (tertiary/aromatic N) is 3. The number of hydrogen-bond acceptors (Lipinski definition) is 5. The molecule has 0 aliphatic carbocycles. The van der Waals surface area contributed by atoms with Gasteiger partial charge in [0.2, 0.25) is 0 Å². The second-order valence-corrected chi connectivity index (χ2v) is 8.62. The quantitative estimate of drug-likeness (QED) is 0.715. The molecule has 3 heterocycles. The molecule has 0 saturated carbocycles. The molecule has 1 aromatic carbocycles. The van der Waals surface area contributed by atoms with Crippen LogP contribution in [-0.4, -0.2) is 72.3 Å². The van der Waals surface area contributed by atoms with Gasteiger partial charge in [0.1, 0.15) is 11.8 Å². The Morgan fingerprint density at radius 2 is 1.65 bits per heavy atom. The van der Waals surface area contributed by atoms with E-state index in [0.29, 0.717) is 51.4 Å². The van der Waals surface area contributed by atoms with Crippen LogP contribution in [0.25, 0.3) is 0 Å². The Kier molecular flexibility index (Phi) is 6.00. The van der Waals surface area contributed by atoms with E-state index in [1.54, 1.807) is 11.0 Å². The monoisotopic (exact) mass is 440 g/mol. The minimum absolute atomic E-state index is 0.0779. The van der Waals surface area contributed by atoms with Gasteiger partial charge in [0.05, 0.1) is 5.56 Å². The molecule has 3 aliphatic heterocycles. The summed E-state index contributed by atoms with van der Waals surface area (Å²) < 4.78 is 43.2. The van der Waals surface area contributed by atoms with Crippen molar-refractivity contribution in [2.24, 2.45) is 11.8 Å². The summed E-state index contributed by atoms with van der Waals surface area (Å²) in [6.07, 6.45) is -3.37. The highest BCUT2D eigenvalue weighted by atomic mass is 19.4. The van der Waals surface area contributed by atoms with Crippen molar-refractivity contribution in [3.8, 4) is 5.75 Å². The summed E-state index contributed by atoms with van der Waals surface area (Å²) in [6, 6.07) is 4.39. The summed E-state index contributed by atoms with van der Waals surface area (Å²) in [6.45, 7) is 3.66. The average molecular weight is 440 g/mol. The maximum atomic E-state index is 13.0. The second kappa shape index (κ2) is 8.57. The molecule has 0 spiro atoms. The van der Waals surface area contributed by atoms with Crippen molar-refractivity contribution in [2.75, 3.05) is 39.3 Å². The van der Waals surface area contributed by atoms with Gasteiger partial charge in [-0.25, -0.2) is 0 Å². The first-order valence-corrected chi connectivity index (χ1v) is 10.6. The number of alkyl halides is 3. The highest BCUT2D eigenvalue weighted by Gasteiger charge is 2.40. The first-order chi connectivity index (χ1) is 14.7. The molecule has 2 unspecified atom stereocenters. The fraction of sp³-hybridized carbons (Fsp3) is 0.619. The summed E-state index contributed by atoms with van der Waals surface area (Å²) in [7, 11) is 0. The fourth-order valence-electron chi connectivity index (χ4n) is 4.94. The molecule has 3 saturated heterocycles. The van der Waals surface area contributed by atoms with Crippen LogP contribution in [0.4, 0.5) is 18.0 Å². The number of ether oxygens (including phenoxy) is 1. The van der Waals surface area contributed by atoms with Crippen LogP contribution in [0.2, 0.25) is 0 Å². The Balaban J connectivity index is 1.47. The molecule has 4 rings (SSSR count). The van der Waals surface area contributed by atoms with Gasteiger partial charge in [0.25, 0.3) is 5.91 Å². The van der Waals surface area contributed by atoms with E-state index >= 15 is 0 Å². The molecule has 3 fully saturated rings. The van der Waals surface area contributed by atoms with Gasteiger partial charge in [-0.1, -0.05) is 6.07 Å². The number of fused-ring (bicyclic) bond motifs is 1. The van der Waals surface area contributed by atoms with Crippen molar-refractivity contribution in [1.82, 2.24) is 14.7 Å². The normalized spacial score (nSPS) is 24.4. The van der Waals surface area contributed by atoms with Crippen LogP contribution < -0.4 is 9.84 Å². The van der Waals surface area contributed by atoms with Gasteiger partial charge in [-0.05, 0) is 48.8 Å². The lowest BCUT2D eigenvalue weighted by molar-refractivity contribution is -0.274. The number of rotatable bonds is 4. The maximum absolute atomic E-state index is 13.0. The predicted molar refractivity (Wildman–Crippen MR) is 102 cm³/mol. The van der Waals surface area contributed by atoms with Gasteiger partial charge in [-0.15, -0.1) is 13.2 Å². The van der Waals surface area contributed by atoms with E-state index in [2.05, 4.69) is 9.64 Å². The van der Waals surface area contributed by atoms with E-state index < -0.39 is 24.1 Å². The minimum Gasteiger partial charge on any atom is -0.530 e. The summed E-state index contributed by atoms with van der Waals surface area (Å²) in [5.41, 5.74) is 0.539. The molecule has 170 valence electrons. The van der Waals surface area contributed by atoms with E-state index in [0.717, 1.165) is 19.3 Å². The summed E-state index contributed by atoms with van der Waals surface area (Å²) in [4.78, 5) is 28.8. The van der Waals surface area contributed by atoms with E-state index in [1.165, 1.54) is 17.0 Å². The molecular weight excluding hydrogens is 415 g/mol. The highest BCUT2D eigenvalue weighted by molar-refractivity contribution is 5.97. The fourth-order valence-corrected chi connectivity index (χ4v) is 4.94. The van der Waals surface area contributed by atoms with Crippen molar-refractivity contribution in [1.29, 1.82) is 0 Å². The van der Waals surface area contributed by atoms with Crippen LogP contribution in [0, 0.1) is 11.8 Å². The van der Waals surface area contributed by atoms with Crippen molar-refractivity contribution >= 4 is 12.0 Å². The molecule has 2 atom stereocenters. The lowest BCUT2D eigenvalue weighted by atomic mass is 10.0. The number of benzene rings is 1. The van der Waals surface area contributed by atoms with E-state index in [-0.39, 0.29) is 17.4 Å². The number of carboxylic acid groups (broad SMARTS) is 1. The van der Waals surface area contributed by atoms with Gasteiger partial charge >= 0.3 is 6.36 Å². The SMILES string of the molecule is O=C([O-])N1CC2CN(Cc3ccc(C(=O)N4CCCCC4)c(OC(F)(F)F)c3)CC2C1. The van der Waals surface area contributed by atoms with Gasteiger partial charge < -0.3 is 24.4 Å². The number of halogens is 3.